The number of nitrogens with two attached hydrogens (primary N) is 2. The van der Waals surface area contributed by atoms with Gasteiger partial charge < -0.3 is 21.4 Å². The van der Waals surface area contributed by atoms with Crippen LogP contribution in [0.15, 0.2) is 24.3 Å². The van der Waals surface area contributed by atoms with Crippen molar-refractivity contribution < 1.29 is 10.2 Å². The van der Waals surface area contributed by atoms with Gasteiger partial charge in [-0.3, -0.25) is 5.84 Å². The Morgan fingerprint density at radius 1 is 1.20 bits per heavy atom. The number of aliphatic hydroxyl groups is 2. The highest BCUT2D eigenvalue weighted by molar-refractivity contribution is 5.43. The lowest BCUT2D eigenvalue weighted by molar-refractivity contribution is 0.0150. The van der Waals surface area contributed by atoms with Gasteiger partial charge in [0.25, 0.3) is 0 Å². The van der Waals surface area contributed by atoms with E-state index >= 15 is 0 Å². The quantitative estimate of drug-likeness (QED) is 0.340. The Morgan fingerprint density at radius 2 is 1.80 bits per heavy atom. The maximum atomic E-state index is 9.73. The van der Waals surface area contributed by atoms with Crippen molar-refractivity contribution in [2.24, 2.45) is 11.6 Å². The standard InChI is InChI=1S/C10H17N3O2/c11-6-5-9(14)10(15)7-1-3-8(13-12)4-2-7/h1-4,9-10,13-15H,5-6,11-12H2. The Kier molecular flexibility index (Phi) is 4.51. The first kappa shape index (κ1) is 11.9. The minimum absolute atomic E-state index is 0.348. The molecule has 15 heavy (non-hydrogen) atoms. The van der Waals surface area contributed by atoms with Crippen molar-refractivity contribution in [2.45, 2.75) is 18.6 Å². The summed E-state index contributed by atoms with van der Waals surface area (Å²) in [6, 6.07) is 6.88. The van der Waals surface area contributed by atoms with Gasteiger partial charge in [-0.1, -0.05) is 12.1 Å². The van der Waals surface area contributed by atoms with E-state index in [1.807, 2.05) is 0 Å². The summed E-state index contributed by atoms with van der Waals surface area (Å²) in [5, 5.41) is 19.3. The molecular weight excluding hydrogens is 194 g/mol. The summed E-state index contributed by atoms with van der Waals surface area (Å²) in [7, 11) is 0. The van der Waals surface area contributed by atoms with Crippen LogP contribution in [-0.4, -0.2) is 22.9 Å². The lowest BCUT2D eigenvalue weighted by atomic mass is 10.0. The topological polar surface area (TPSA) is 105 Å². The Bertz CT molecular complexity index is 289. The van der Waals surface area contributed by atoms with Gasteiger partial charge >= 0.3 is 0 Å². The van der Waals surface area contributed by atoms with Gasteiger partial charge in [0, 0.05) is 5.69 Å². The van der Waals surface area contributed by atoms with E-state index in [2.05, 4.69) is 5.43 Å². The molecule has 2 unspecified atom stereocenters. The molecule has 0 amide bonds. The molecule has 0 fully saturated rings. The van der Waals surface area contributed by atoms with Crippen molar-refractivity contribution in [3.05, 3.63) is 29.8 Å². The Hall–Kier alpha value is -1.14. The summed E-state index contributed by atoms with van der Waals surface area (Å²) >= 11 is 0. The van der Waals surface area contributed by atoms with E-state index < -0.39 is 12.2 Å². The number of hydrogen-bond donors (Lipinski definition) is 5. The molecule has 5 nitrogen and oxygen atoms in total. The van der Waals surface area contributed by atoms with Crippen LogP contribution in [0.2, 0.25) is 0 Å². The molecule has 1 rings (SSSR count). The van der Waals surface area contributed by atoms with E-state index in [1.165, 1.54) is 0 Å². The molecule has 7 N–H and O–H groups in total. The summed E-state index contributed by atoms with van der Waals surface area (Å²) in [5.41, 5.74) is 9.17. The van der Waals surface area contributed by atoms with Gasteiger partial charge in [-0.2, -0.15) is 0 Å². The minimum atomic E-state index is -0.902. The van der Waals surface area contributed by atoms with E-state index in [9.17, 15) is 10.2 Å². The second-order valence-electron chi connectivity index (χ2n) is 3.36. The third-order valence-electron chi connectivity index (χ3n) is 2.25. The molecular formula is C10H17N3O2. The highest BCUT2D eigenvalue weighted by atomic mass is 16.3. The molecule has 1 aromatic rings. The largest absolute Gasteiger partial charge is 0.390 e. The average molecular weight is 211 g/mol. The molecule has 0 heterocycles. The second-order valence-corrected chi connectivity index (χ2v) is 3.36. The van der Waals surface area contributed by atoms with Crippen LogP contribution < -0.4 is 17.0 Å². The van der Waals surface area contributed by atoms with Crippen molar-refractivity contribution in [1.29, 1.82) is 0 Å². The highest BCUT2D eigenvalue weighted by Crippen LogP contribution is 2.20. The van der Waals surface area contributed by atoms with Gasteiger partial charge in [0.05, 0.1) is 6.10 Å². The second kappa shape index (κ2) is 5.67. The van der Waals surface area contributed by atoms with Crippen LogP contribution >= 0.6 is 0 Å². The SMILES string of the molecule is NCCC(O)C(O)c1ccc(NN)cc1. The van der Waals surface area contributed by atoms with Crippen molar-refractivity contribution in [3.63, 3.8) is 0 Å². The number of anilines is 1. The Labute approximate surface area is 88.7 Å². The zero-order chi connectivity index (χ0) is 11.3. The molecule has 0 bridgehead atoms. The van der Waals surface area contributed by atoms with Crippen molar-refractivity contribution in [2.75, 3.05) is 12.0 Å². The summed E-state index contributed by atoms with van der Waals surface area (Å²) < 4.78 is 0. The molecule has 1 aromatic carbocycles. The first-order valence-corrected chi connectivity index (χ1v) is 4.81. The van der Waals surface area contributed by atoms with E-state index in [4.69, 9.17) is 11.6 Å². The fraction of sp³-hybridized carbons (Fsp3) is 0.400. The van der Waals surface area contributed by atoms with E-state index in [-0.39, 0.29) is 0 Å². The number of hydrogen-bond acceptors (Lipinski definition) is 5. The van der Waals surface area contributed by atoms with Crippen LogP contribution in [0.1, 0.15) is 18.1 Å². The van der Waals surface area contributed by atoms with Crippen LogP contribution in [-0.2, 0) is 0 Å². The zero-order valence-electron chi connectivity index (χ0n) is 8.43. The molecule has 5 heteroatoms. The highest BCUT2D eigenvalue weighted by Gasteiger charge is 2.16. The molecule has 2 atom stereocenters. The predicted octanol–water partition coefficient (Wildman–Crippen LogP) is -0.285. The van der Waals surface area contributed by atoms with Crippen LogP contribution in [0, 0.1) is 0 Å². The van der Waals surface area contributed by atoms with Crippen LogP contribution in [0.5, 0.6) is 0 Å². The van der Waals surface area contributed by atoms with Crippen molar-refractivity contribution >= 4 is 5.69 Å². The first-order valence-electron chi connectivity index (χ1n) is 4.81. The Morgan fingerprint density at radius 3 is 2.27 bits per heavy atom. The van der Waals surface area contributed by atoms with Gasteiger partial charge in [0.1, 0.15) is 6.10 Å². The summed E-state index contributed by atoms with van der Waals surface area (Å²) in [6.45, 7) is 0.348. The number of nitrogen functional groups attached to an aromatic ring is 1. The Balaban J connectivity index is 2.69. The van der Waals surface area contributed by atoms with E-state index in [0.29, 0.717) is 18.5 Å². The van der Waals surface area contributed by atoms with Gasteiger partial charge in [-0.25, -0.2) is 0 Å². The van der Waals surface area contributed by atoms with E-state index in [0.717, 1.165) is 5.69 Å². The number of aliphatic hydroxyl groups excluding tert-OH is 2. The summed E-state index contributed by atoms with van der Waals surface area (Å²) in [5.74, 6) is 5.21. The summed E-state index contributed by atoms with van der Waals surface area (Å²) in [6.07, 6.45) is -1.36. The lowest BCUT2D eigenvalue weighted by Crippen LogP contribution is -2.21. The zero-order valence-corrected chi connectivity index (χ0v) is 8.43. The fourth-order valence-electron chi connectivity index (χ4n) is 1.33. The van der Waals surface area contributed by atoms with Gasteiger partial charge in [0.2, 0.25) is 0 Å². The van der Waals surface area contributed by atoms with E-state index in [1.54, 1.807) is 24.3 Å². The van der Waals surface area contributed by atoms with Crippen LogP contribution in [0.4, 0.5) is 5.69 Å². The number of rotatable bonds is 5. The molecule has 0 aliphatic carbocycles. The molecule has 84 valence electrons. The molecule has 0 spiro atoms. The number of hydrazine groups is 1. The average Bonchev–Trinajstić information content (AvgIpc) is 2.28. The maximum absolute atomic E-state index is 9.73. The normalized spacial score (nSPS) is 14.7. The monoisotopic (exact) mass is 211 g/mol. The van der Waals surface area contributed by atoms with Crippen LogP contribution in [0.3, 0.4) is 0 Å². The molecule has 0 aliphatic heterocycles. The van der Waals surface area contributed by atoms with Crippen molar-refractivity contribution in [1.82, 2.24) is 0 Å². The van der Waals surface area contributed by atoms with Gasteiger partial charge in [-0.15, -0.1) is 0 Å². The summed E-state index contributed by atoms with van der Waals surface area (Å²) in [4.78, 5) is 0. The van der Waals surface area contributed by atoms with Gasteiger partial charge in [-0.05, 0) is 30.7 Å². The fourth-order valence-corrected chi connectivity index (χ4v) is 1.33. The van der Waals surface area contributed by atoms with Crippen LogP contribution in [0.25, 0.3) is 0 Å². The van der Waals surface area contributed by atoms with Gasteiger partial charge in [0.15, 0.2) is 0 Å². The predicted molar refractivity (Wildman–Crippen MR) is 58.9 cm³/mol. The first-order chi connectivity index (χ1) is 7.19. The van der Waals surface area contributed by atoms with Crippen molar-refractivity contribution in [3.8, 4) is 0 Å². The minimum Gasteiger partial charge on any atom is -0.390 e. The third kappa shape index (κ3) is 3.17. The molecule has 0 saturated carbocycles. The molecule has 0 saturated heterocycles. The molecule has 0 aliphatic rings. The smallest absolute Gasteiger partial charge is 0.105 e. The molecule has 0 aromatic heterocycles. The third-order valence-corrected chi connectivity index (χ3v) is 2.25. The number of benzene rings is 1. The number of nitrogens with one attached hydrogen (secondary N) is 1. The molecule has 0 radical (unpaired) electrons. The lowest BCUT2D eigenvalue weighted by Gasteiger charge is -2.17. The maximum Gasteiger partial charge on any atom is 0.105 e.